The van der Waals surface area contributed by atoms with Crippen molar-refractivity contribution in [3.05, 3.63) is 59.3 Å². The van der Waals surface area contributed by atoms with Gasteiger partial charge in [-0.3, -0.25) is 0 Å². The standard InChI is InChI=1S/C17H23N3O/c1-20(2)13-16-7-5-4-6-15(16)12-18-10-14-8-9-17(21-3)19-11-14/h4-9,11,18H,10,12-13H2,1-3H3. The second-order valence-corrected chi connectivity index (χ2v) is 5.32. The van der Waals surface area contributed by atoms with Gasteiger partial charge in [0.2, 0.25) is 5.88 Å². The van der Waals surface area contributed by atoms with Crippen LogP contribution in [0.4, 0.5) is 0 Å². The third-order valence-electron chi connectivity index (χ3n) is 3.26. The monoisotopic (exact) mass is 285 g/mol. The fourth-order valence-corrected chi connectivity index (χ4v) is 2.20. The van der Waals surface area contributed by atoms with Crippen LogP contribution in [0, 0.1) is 0 Å². The lowest BCUT2D eigenvalue weighted by Crippen LogP contribution is -2.17. The van der Waals surface area contributed by atoms with Crippen LogP contribution in [0.15, 0.2) is 42.6 Å². The van der Waals surface area contributed by atoms with E-state index >= 15 is 0 Å². The van der Waals surface area contributed by atoms with E-state index in [9.17, 15) is 0 Å². The average molecular weight is 285 g/mol. The Labute approximate surface area is 126 Å². The summed E-state index contributed by atoms with van der Waals surface area (Å²) >= 11 is 0. The molecule has 0 unspecified atom stereocenters. The number of methoxy groups -OCH3 is 1. The molecule has 1 aromatic carbocycles. The molecule has 0 saturated heterocycles. The van der Waals surface area contributed by atoms with Crippen LogP contribution < -0.4 is 10.1 Å². The topological polar surface area (TPSA) is 37.4 Å². The van der Waals surface area contributed by atoms with Gasteiger partial charge in [-0.1, -0.05) is 30.3 Å². The van der Waals surface area contributed by atoms with E-state index in [0.29, 0.717) is 5.88 Å². The quantitative estimate of drug-likeness (QED) is 0.848. The van der Waals surface area contributed by atoms with Crippen LogP contribution in [0.3, 0.4) is 0 Å². The van der Waals surface area contributed by atoms with Crippen LogP contribution in [0.1, 0.15) is 16.7 Å². The smallest absolute Gasteiger partial charge is 0.212 e. The molecule has 0 saturated carbocycles. The summed E-state index contributed by atoms with van der Waals surface area (Å²) in [5, 5.41) is 3.47. The third kappa shape index (κ3) is 4.85. The molecule has 1 N–H and O–H groups in total. The zero-order chi connectivity index (χ0) is 15.1. The predicted molar refractivity (Wildman–Crippen MR) is 85.2 cm³/mol. The van der Waals surface area contributed by atoms with Crippen molar-refractivity contribution in [2.75, 3.05) is 21.2 Å². The summed E-state index contributed by atoms with van der Waals surface area (Å²) in [6.07, 6.45) is 1.84. The number of rotatable bonds is 7. The normalized spacial score (nSPS) is 10.9. The van der Waals surface area contributed by atoms with Gasteiger partial charge >= 0.3 is 0 Å². The Bertz CT molecular complexity index is 552. The van der Waals surface area contributed by atoms with Crippen LogP contribution in [0.5, 0.6) is 5.88 Å². The number of nitrogens with zero attached hydrogens (tertiary/aromatic N) is 2. The van der Waals surface area contributed by atoms with Crippen LogP contribution in [0.25, 0.3) is 0 Å². The molecule has 2 aromatic rings. The van der Waals surface area contributed by atoms with Crippen molar-refractivity contribution in [3.8, 4) is 5.88 Å². The van der Waals surface area contributed by atoms with Gasteiger partial charge in [0.05, 0.1) is 7.11 Å². The van der Waals surface area contributed by atoms with Crippen molar-refractivity contribution in [3.63, 3.8) is 0 Å². The Hall–Kier alpha value is -1.91. The summed E-state index contributed by atoms with van der Waals surface area (Å²) in [6.45, 7) is 2.62. The maximum atomic E-state index is 5.06. The van der Waals surface area contributed by atoms with Gasteiger partial charge in [0.1, 0.15) is 0 Å². The highest BCUT2D eigenvalue weighted by molar-refractivity contribution is 5.27. The van der Waals surface area contributed by atoms with Gasteiger partial charge in [0.15, 0.2) is 0 Å². The lowest BCUT2D eigenvalue weighted by atomic mass is 10.1. The molecule has 0 fully saturated rings. The lowest BCUT2D eigenvalue weighted by molar-refractivity contribution is 0.397. The van der Waals surface area contributed by atoms with Gasteiger partial charge in [-0.05, 0) is 30.8 Å². The Morgan fingerprint density at radius 1 is 1.05 bits per heavy atom. The number of pyridine rings is 1. The lowest BCUT2D eigenvalue weighted by Gasteiger charge is -2.14. The number of hydrogen-bond acceptors (Lipinski definition) is 4. The zero-order valence-corrected chi connectivity index (χ0v) is 13.0. The maximum Gasteiger partial charge on any atom is 0.212 e. The first-order chi connectivity index (χ1) is 10.2. The highest BCUT2D eigenvalue weighted by Crippen LogP contribution is 2.11. The molecule has 0 radical (unpaired) electrons. The zero-order valence-electron chi connectivity index (χ0n) is 13.0. The molecule has 2 rings (SSSR count). The molecular weight excluding hydrogens is 262 g/mol. The first-order valence-electron chi connectivity index (χ1n) is 7.10. The summed E-state index contributed by atoms with van der Waals surface area (Å²) in [5.41, 5.74) is 3.86. The number of benzene rings is 1. The number of aromatic nitrogens is 1. The Morgan fingerprint density at radius 2 is 1.81 bits per heavy atom. The predicted octanol–water partition coefficient (Wildman–Crippen LogP) is 2.44. The highest BCUT2D eigenvalue weighted by Gasteiger charge is 2.03. The molecule has 112 valence electrons. The van der Waals surface area contributed by atoms with Gasteiger partial charge < -0.3 is 15.0 Å². The first-order valence-corrected chi connectivity index (χ1v) is 7.10. The van der Waals surface area contributed by atoms with E-state index in [1.807, 2.05) is 18.3 Å². The van der Waals surface area contributed by atoms with Crippen molar-refractivity contribution in [1.82, 2.24) is 15.2 Å². The highest BCUT2D eigenvalue weighted by atomic mass is 16.5. The average Bonchev–Trinajstić information content (AvgIpc) is 2.49. The van der Waals surface area contributed by atoms with E-state index in [0.717, 1.165) is 25.2 Å². The molecule has 21 heavy (non-hydrogen) atoms. The Morgan fingerprint density at radius 3 is 2.43 bits per heavy atom. The van der Waals surface area contributed by atoms with Crippen molar-refractivity contribution in [1.29, 1.82) is 0 Å². The van der Waals surface area contributed by atoms with Crippen molar-refractivity contribution in [2.45, 2.75) is 19.6 Å². The molecule has 0 bridgehead atoms. The second-order valence-electron chi connectivity index (χ2n) is 5.32. The minimum absolute atomic E-state index is 0.648. The SMILES string of the molecule is COc1ccc(CNCc2ccccc2CN(C)C)cn1. The Balaban J connectivity index is 1.90. The van der Waals surface area contributed by atoms with E-state index in [1.54, 1.807) is 7.11 Å². The largest absolute Gasteiger partial charge is 0.481 e. The second kappa shape index (κ2) is 7.76. The van der Waals surface area contributed by atoms with Crippen LogP contribution >= 0.6 is 0 Å². The molecule has 0 atom stereocenters. The van der Waals surface area contributed by atoms with E-state index in [4.69, 9.17) is 4.74 Å². The molecular formula is C17H23N3O. The fourth-order valence-electron chi connectivity index (χ4n) is 2.20. The number of hydrogen-bond donors (Lipinski definition) is 1. The van der Waals surface area contributed by atoms with Crippen molar-refractivity contribution >= 4 is 0 Å². The molecule has 4 nitrogen and oxygen atoms in total. The summed E-state index contributed by atoms with van der Waals surface area (Å²) in [7, 11) is 5.81. The van der Waals surface area contributed by atoms with E-state index < -0.39 is 0 Å². The molecule has 0 aliphatic carbocycles. The summed E-state index contributed by atoms with van der Waals surface area (Å²) in [5.74, 6) is 0.648. The number of nitrogens with one attached hydrogen (secondary N) is 1. The van der Waals surface area contributed by atoms with Gasteiger partial charge in [0.25, 0.3) is 0 Å². The fraction of sp³-hybridized carbons (Fsp3) is 0.353. The Kier molecular flexibility index (Phi) is 5.72. The van der Waals surface area contributed by atoms with E-state index in [-0.39, 0.29) is 0 Å². The first kappa shape index (κ1) is 15.5. The van der Waals surface area contributed by atoms with E-state index in [2.05, 4.69) is 53.6 Å². The van der Waals surface area contributed by atoms with Gasteiger partial charge in [-0.25, -0.2) is 4.98 Å². The van der Waals surface area contributed by atoms with Crippen molar-refractivity contribution < 1.29 is 4.74 Å². The van der Waals surface area contributed by atoms with Crippen LogP contribution in [-0.4, -0.2) is 31.1 Å². The molecule has 0 aliphatic rings. The molecule has 1 heterocycles. The summed E-state index contributed by atoms with van der Waals surface area (Å²) in [6, 6.07) is 12.5. The van der Waals surface area contributed by atoms with Crippen molar-refractivity contribution in [2.24, 2.45) is 0 Å². The number of ether oxygens (including phenoxy) is 1. The summed E-state index contributed by atoms with van der Waals surface area (Å²) in [4.78, 5) is 6.40. The third-order valence-corrected chi connectivity index (χ3v) is 3.26. The maximum absolute atomic E-state index is 5.06. The molecule has 4 heteroatoms. The minimum atomic E-state index is 0.648. The minimum Gasteiger partial charge on any atom is -0.481 e. The van der Waals surface area contributed by atoms with Crippen LogP contribution in [0.2, 0.25) is 0 Å². The molecule has 1 aromatic heterocycles. The molecule has 0 aliphatic heterocycles. The van der Waals surface area contributed by atoms with Gasteiger partial charge in [-0.2, -0.15) is 0 Å². The van der Waals surface area contributed by atoms with Crippen LogP contribution in [-0.2, 0) is 19.6 Å². The molecule has 0 spiro atoms. The van der Waals surface area contributed by atoms with Gasteiger partial charge in [-0.15, -0.1) is 0 Å². The summed E-state index contributed by atoms with van der Waals surface area (Å²) < 4.78 is 5.06. The van der Waals surface area contributed by atoms with E-state index in [1.165, 1.54) is 11.1 Å². The molecule has 0 amide bonds. The van der Waals surface area contributed by atoms with Gasteiger partial charge in [0, 0.05) is 31.9 Å².